The zero-order chi connectivity index (χ0) is 52.1. The minimum atomic E-state index is -1.24. The number of piperidine rings is 1. The molecule has 1 saturated carbocycles. The van der Waals surface area contributed by atoms with Crippen molar-refractivity contribution in [1.82, 2.24) is 40.2 Å². The second-order valence-corrected chi connectivity index (χ2v) is 21.0. The number of benzene rings is 3. The van der Waals surface area contributed by atoms with E-state index in [1.807, 2.05) is 78.9 Å². The molecule has 4 aromatic rings. The largest absolute Gasteiger partial charge is 0.444 e. The van der Waals surface area contributed by atoms with Gasteiger partial charge in [-0.05, 0) is 119 Å². The number of aryl methyl sites for hydroxylation is 1. The monoisotopic (exact) mass is 1000 g/mol. The molecule has 4 aliphatic rings. The van der Waals surface area contributed by atoms with Gasteiger partial charge in [-0.15, -0.1) is 0 Å². The van der Waals surface area contributed by atoms with E-state index in [2.05, 4.69) is 21.3 Å². The Morgan fingerprint density at radius 2 is 1.52 bits per heavy atom. The first-order valence-electron chi connectivity index (χ1n) is 25.5. The Morgan fingerprint density at radius 3 is 2.16 bits per heavy atom. The first kappa shape index (κ1) is 52.0. The van der Waals surface area contributed by atoms with Crippen molar-refractivity contribution in [3.63, 3.8) is 0 Å². The molecule has 8 rings (SSSR count). The number of fused-ring (bicyclic) bond motifs is 2. The first-order chi connectivity index (χ1) is 34.8. The number of carbonyl (C=O) groups is 8. The van der Waals surface area contributed by atoms with E-state index in [1.165, 1.54) is 9.47 Å². The van der Waals surface area contributed by atoms with E-state index in [1.54, 1.807) is 37.3 Å². The predicted molar refractivity (Wildman–Crippen MR) is 269 cm³/mol. The fourth-order valence-electron chi connectivity index (χ4n) is 10.9. The number of imidazole rings is 1. The predicted octanol–water partition coefficient (Wildman–Crippen LogP) is 4.12. The molecule has 8 amide bonds. The number of ether oxygens (including phenoxy) is 1. The molecule has 4 fully saturated rings. The summed E-state index contributed by atoms with van der Waals surface area (Å²) in [6, 6.07) is 19.4. The van der Waals surface area contributed by atoms with Crippen LogP contribution in [0.25, 0.3) is 11.0 Å². The van der Waals surface area contributed by atoms with Gasteiger partial charge in [0.15, 0.2) is 0 Å². The number of nitrogens with zero attached hydrogens (tertiary/aromatic N) is 4. The average molecular weight is 1000 g/mol. The lowest BCUT2D eigenvalue weighted by Gasteiger charge is -2.39. The lowest BCUT2D eigenvalue weighted by Crippen LogP contribution is -2.62. The zero-order valence-corrected chi connectivity index (χ0v) is 42.0. The standard InChI is InChI=1S/C54H67N9O10/c1-54(2,3)73-52(71)57-39-31-61(46(66)17-11-12-32-28-36(29-32)35-18-21-40-43(30-35)60(4)53(72)63(40)42-23-25-45(65)58-50(42)69)27-26-37-19-22-41(62(37)51(39)70)49(68)56-38(20-24-44(55)64)48(67)59-47(33-13-7-5-8-14-33)34-15-9-6-10-16-34/h5-10,13-16,18,21,30,32,36-39,41-42,47H,11-12,17,19-20,22-29,31H2,1-4H3,(H2,55,64)(H,56,68)(H,57,71)(H,59,67)(H,58,65,69)/t32?,36?,37-,38+,39+,41+,42?/m1/s1. The minimum absolute atomic E-state index is 0.0845. The van der Waals surface area contributed by atoms with Crippen LogP contribution in [0.1, 0.15) is 133 Å². The molecule has 73 heavy (non-hydrogen) atoms. The Hall–Kier alpha value is -7.31. The van der Waals surface area contributed by atoms with Gasteiger partial charge in [0, 0.05) is 38.9 Å². The van der Waals surface area contributed by atoms with E-state index in [9.17, 15) is 43.2 Å². The molecule has 0 radical (unpaired) electrons. The van der Waals surface area contributed by atoms with Crippen molar-refractivity contribution in [2.45, 2.75) is 146 Å². The van der Waals surface area contributed by atoms with Crippen LogP contribution in [0.2, 0.25) is 0 Å². The quantitative estimate of drug-likeness (QED) is 0.100. The topological polar surface area (TPSA) is 253 Å². The molecule has 19 heteroatoms. The maximum atomic E-state index is 14.7. The van der Waals surface area contributed by atoms with Crippen molar-refractivity contribution < 1.29 is 43.1 Å². The summed E-state index contributed by atoms with van der Waals surface area (Å²) in [5.41, 5.74) is 8.38. The summed E-state index contributed by atoms with van der Waals surface area (Å²) in [6.45, 7) is 5.23. The van der Waals surface area contributed by atoms with E-state index in [-0.39, 0.29) is 75.0 Å². The lowest BCUT2D eigenvalue weighted by atomic mass is 9.69. The van der Waals surface area contributed by atoms with Crippen molar-refractivity contribution in [2.24, 2.45) is 18.7 Å². The molecule has 0 spiro atoms. The van der Waals surface area contributed by atoms with Crippen LogP contribution in [0.3, 0.4) is 0 Å². The third-order valence-electron chi connectivity index (χ3n) is 14.7. The van der Waals surface area contributed by atoms with Crippen LogP contribution in [0.5, 0.6) is 0 Å². The smallest absolute Gasteiger partial charge is 0.408 e. The third-order valence-corrected chi connectivity index (χ3v) is 14.7. The lowest BCUT2D eigenvalue weighted by molar-refractivity contribution is -0.146. The number of nitrogens with one attached hydrogen (secondary N) is 4. The molecule has 4 heterocycles. The Bertz CT molecular complexity index is 2760. The number of carbonyl (C=O) groups excluding carboxylic acids is 8. The summed E-state index contributed by atoms with van der Waals surface area (Å²) >= 11 is 0. The van der Waals surface area contributed by atoms with Crippen molar-refractivity contribution in [2.75, 3.05) is 13.1 Å². The number of hydrogen-bond acceptors (Lipinski definition) is 10. The van der Waals surface area contributed by atoms with E-state index in [0.29, 0.717) is 36.2 Å². The van der Waals surface area contributed by atoms with E-state index >= 15 is 0 Å². The van der Waals surface area contributed by atoms with Gasteiger partial charge in [0.25, 0.3) is 0 Å². The van der Waals surface area contributed by atoms with Gasteiger partial charge in [-0.25, -0.2) is 9.59 Å². The number of alkyl carbamates (subject to hydrolysis) is 1. The number of nitrogens with two attached hydrogens (primary N) is 1. The molecule has 1 aliphatic carbocycles. The normalized spacial score (nSPS) is 22.6. The van der Waals surface area contributed by atoms with Crippen LogP contribution >= 0.6 is 0 Å². The molecule has 3 saturated heterocycles. The molecule has 3 aliphatic heterocycles. The van der Waals surface area contributed by atoms with Crippen LogP contribution in [-0.4, -0.2) is 109 Å². The van der Waals surface area contributed by atoms with Crippen LogP contribution in [0.4, 0.5) is 4.79 Å². The number of amides is 8. The fourth-order valence-corrected chi connectivity index (χ4v) is 10.9. The van der Waals surface area contributed by atoms with Crippen molar-refractivity contribution in [1.29, 1.82) is 0 Å². The molecule has 1 unspecified atom stereocenters. The summed E-state index contributed by atoms with van der Waals surface area (Å²) in [4.78, 5) is 123. The van der Waals surface area contributed by atoms with Gasteiger partial charge in [-0.1, -0.05) is 66.7 Å². The number of imide groups is 1. The highest BCUT2D eigenvalue weighted by atomic mass is 16.6. The molecule has 1 aromatic heterocycles. The fraction of sp³-hybridized carbons (Fsp3) is 0.500. The molecule has 0 bridgehead atoms. The van der Waals surface area contributed by atoms with Crippen LogP contribution in [0.15, 0.2) is 83.7 Å². The van der Waals surface area contributed by atoms with Crippen LogP contribution in [0, 0.1) is 5.92 Å². The van der Waals surface area contributed by atoms with Gasteiger partial charge in [0.1, 0.15) is 29.8 Å². The van der Waals surface area contributed by atoms with E-state index in [4.69, 9.17) is 10.5 Å². The number of aromatic nitrogens is 2. The maximum Gasteiger partial charge on any atom is 0.408 e. The van der Waals surface area contributed by atoms with Gasteiger partial charge < -0.3 is 36.2 Å². The van der Waals surface area contributed by atoms with E-state index < -0.39 is 77.5 Å². The second-order valence-electron chi connectivity index (χ2n) is 21.0. The molecule has 388 valence electrons. The SMILES string of the molecule is Cn1c(=O)n(C2CCC(=O)NC2=O)c2ccc(C3CC(CCCC(=O)N4CC[C@H]5CC[C@@H](C(=O)N[C@@H](CCC(N)=O)C(=O)NC(c6ccccc6)c6ccccc6)N5C(=O)[C@@H](NC(=O)OC(C)(C)C)C4)C3)cc21. The Labute approximate surface area is 423 Å². The minimum Gasteiger partial charge on any atom is -0.444 e. The van der Waals surface area contributed by atoms with Gasteiger partial charge in [-0.3, -0.25) is 48.0 Å². The van der Waals surface area contributed by atoms with E-state index in [0.717, 1.165) is 36.0 Å². The Kier molecular flexibility index (Phi) is 15.8. The highest BCUT2D eigenvalue weighted by Crippen LogP contribution is 2.45. The average Bonchev–Trinajstić information content (AvgIpc) is 3.87. The molecule has 3 aromatic carbocycles. The van der Waals surface area contributed by atoms with Crippen LogP contribution < -0.4 is 32.7 Å². The second kappa shape index (κ2) is 22.2. The summed E-state index contributed by atoms with van der Waals surface area (Å²) < 4.78 is 8.57. The molecular formula is C54H67N9O10. The number of hydrogen-bond donors (Lipinski definition) is 5. The summed E-state index contributed by atoms with van der Waals surface area (Å²) in [5, 5.41) is 10.9. The molecular weight excluding hydrogens is 935 g/mol. The highest BCUT2D eigenvalue weighted by molar-refractivity contribution is 6.00. The molecule has 6 N–H and O–H groups in total. The molecule has 5 atom stereocenters. The van der Waals surface area contributed by atoms with Crippen molar-refractivity contribution in [3.8, 4) is 0 Å². The van der Waals surface area contributed by atoms with Crippen molar-refractivity contribution in [3.05, 3.63) is 106 Å². The highest BCUT2D eigenvalue weighted by Gasteiger charge is 2.46. The molecule has 19 nitrogen and oxygen atoms in total. The van der Waals surface area contributed by atoms with Gasteiger partial charge in [0.05, 0.1) is 23.6 Å². The first-order valence-corrected chi connectivity index (χ1v) is 25.5. The Balaban J connectivity index is 0.902. The summed E-state index contributed by atoms with van der Waals surface area (Å²) in [7, 11) is 1.68. The van der Waals surface area contributed by atoms with Gasteiger partial charge >= 0.3 is 11.8 Å². The third kappa shape index (κ3) is 12.1. The van der Waals surface area contributed by atoms with Gasteiger partial charge in [-0.2, -0.15) is 0 Å². The van der Waals surface area contributed by atoms with Gasteiger partial charge in [0.2, 0.25) is 41.4 Å². The Morgan fingerprint density at radius 1 is 0.836 bits per heavy atom. The maximum absolute atomic E-state index is 14.7. The zero-order valence-electron chi connectivity index (χ0n) is 42.0. The summed E-state index contributed by atoms with van der Waals surface area (Å²) in [6.07, 6.45) is 3.88. The summed E-state index contributed by atoms with van der Waals surface area (Å²) in [5.74, 6) is -2.65. The van der Waals surface area contributed by atoms with Crippen LogP contribution in [-0.2, 0) is 45.3 Å². The van der Waals surface area contributed by atoms with Crippen molar-refractivity contribution >= 4 is 58.5 Å². The number of rotatable bonds is 16. The number of primary amides is 1.